The molecule has 2 aromatic heterocycles. The van der Waals surface area contributed by atoms with E-state index in [1.807, 2.05) is 13.0 Å². The molecule has 0 spiro atoms. The van der Waals surface area contributed by atoms with Crippen molar-refractivity contribution in [1.82, 2.24) is 9.97 Å². The summed E-state index contributed by atoms with van der Waals surface area (Å²) in [6.07, 6.45) is 0. The van der Waals surface area contributed by atoms with Crippen LogP contribution in [0, 0.1) is 12.7 Å². The van der Waals surface area contributed by atoms with E-state index in [9.17, 15) is 9.18 Å². The van der Waals surface area contributed by atoms with E-state index in [0.717, 1.165) is 17.5 Å². The minimum absolute atomic E-state index is 0.113. The van der Waals surface area contributed by atoms with Gasteiger partial charge in [0.1, 0.15) is 5.82 Å². The van der Waals surface area contributed by atoms with Crippen LogP contribution in [0.2, 0.25) is 0 Å². The monoisotopic (exact) mass is 317 g/mol. The van der Waals surface area contributed by atoms with Gasteiger partial charge in [0.25, 0.3) is 5.22 Å². The van der Waals surface area contributed by atoms with Gasteiger partial charge < -0.3 is 9.73 Å². The topological polar surface area (TPSA) is 68.0 Å². The van der Waals surface area contributed by atoms with Crippen molar-refractivity contribution in [1.29, 1.82) is 0 Å². The molecule has 0 fully saturated rings. The van der Waals surface area contributed by atoms with Crippen molar-refractivity contribution in [2.75, 3.05) is 11.1 Å². The van der Waals surface area contributed by atoms with Crippen LogP contribution < -0.4 is 5.32 Å². The molecule has 1 N–H and O–H groups in total. The summed E-state index contributed by atoms with van der Waals surface area (Å²) in [5.41, 5.74) is 2.37. The lowest BCUT2D eigenvalue weighted by atomic mass is 10.3. The van der Waals surface area contributed by atoms with Gasteiger partial charge in [-0.3, -0.25) is 4.79 Å². The normalized spacial score (nSPS) is 10.8. The minimum Gasteiger partial charge on any atom is -0.430 e. The van der Waals surface area contributed by atoms with Crippen LogP contribution in [0.15, 0.2) is 46.0 Å². The molecule has 3 aromatic rings. The molecule has 0 aliphatic heterocycles. The average molecular weight is 317 g/mol. The largest absolute Gasteiger partial charge is 0.430 e. The van der Waals surface area contributed by atoms with E-state index in [1.165, 1.54) is 18.2 Å². The first-order valence-electron chi connectivity index (χ1n) is 6.52. The first kappa shape index (κ1) is 14.5. The van der Waals surface area contributed by atoms with Crippen LogP contribution in [0.25, 0.3) is 11.2 Å². The van der Waals surface area contributed by atoms with Crippen LogP contribution in [0.3, 0.4) is 0 Å². The number of aryl methyl sites for hydroxylation is 1. The number of hydrogen-bond acceptors (Lipinski definition) is 5. The Hall–Kier alpha value is -2.41. The number of nitrogens with zero attached hydrogens (tertiary/aromatic N) is 2. The Balaban J connectivity index is 1.62. The van der Waals surface area contributed by atoms with Gasteiger partial charge in [0.05, 0.1) is 5.75 Å². The summed E-state index contributed by atoms with van der Waals surface area (Å²) in [4.78, 5) is 20.3. The van der Waals surface area contributed by atoms with Crippen molar-refractivity contribution < 1.29 is 13.6 Å². The van der Waals surface area contributed by atoms with E-state index in [2.05, 4.69) is 15.3 Å². The number of hydrogen-bond donors (Lipinski definition) is 1. The van der Waals surface area contributed by atoms with Crippen molar-refractivity contribution in [3.05, 3.63) is 47.9 Å². The van der Waals surface area contributed by atoms with Crippen molar-refractivity contribution >= 4 is 34.6 Å². The van der Waals surface area contributed by atoms with Gasteiger partial charge in [0.15, 0.2) is 11.2 Å². The molecule has 0 saturated heterocycles. The molecule has 112 valence electrons. The molecule has 2 heterocycles. The second-order valence-electron chi connectivity index (χ2n) is 4.60. The van der Waals surface area contributed by atoms with Crippen molar-refractivity contribution in [3.8, 4) is 0 Å². The summed E-state index contributed by atoms with van der Waals surface area (Å²) in [5.74, 6) is -0.546. The quantitative estimate of drug-likeness (QED) is 0.747. The molecule has 7 heteroatoms. The zero-order valence-corrected chi connectivity index (χ0v) is 12.5. The zero-order chi connectivity index (χ0) is 15.5. The summed E-state index contributed by atoms with van der Waals surface area (Å²) in [7, 11) is 0. The Morgan fingerprint density at radius 2 is 2.18 bits per heavy atom. The minimum atomic E-state index is -0.397. The first-order chi connectivity index (χ1) is 10.6. The highest BCUT2D eigenvalue weighted by Gasteiger charge is 2.10. The number of amides is 1. The van der Waals surface area contributed by atoms with Gasteiger partial charge in [-0.2, -0.15) is 4.98 Å². The Morgan fingerprint density at radius 1 is 1.32 bits per heavy atom. The van der Waals surface area contributed by atoms with E-state index in [0.29, 0.717) is 22.1 Å². The lowest BCUT2D eigenvalue weighted by molar-refractivity contribution is -0.113. The fraction of sp³-hybridized carbons (Fsp3) is 0.133. The van der Waals surface area contributed by atoms with Crippen LogP contribution >= 0.6 is 11.8 Å². The van der Waals surface area contributed by atoms with Crippen molar-refractivity contribution in [3.63, 3.8) is 0 Å². The maximum Gasteiger partial charge on any atom is 0.258 e. The van der Waals surface area contributed by atoms with Gasteiger partial charge in [-0.15, -0.1) is 0 Å². The Labute approximate surface area is 129 Å². The van der Waals surface area contributed by atoms with E-state index >= 15 is 0 Å². The zero-order valence-electron chi connectivity index (χ0n) is 11.7. The number of pyridine rings is 1. The Morgan fingerprint density at radius 3 is 3.00 bits per heavy atom. The van der Waals surface area contributed by atoms with Crippen LogP contribution in [0.4, 0.5) is 10.1 Å². The summed E-state index contributed by atoms with van der Waals surface area (Å²) in [5, 5.41) is 2.99. The van der Waals surface area contributed by atoms with Gasteiger partial charge in [-0.25, -0.2) is 9.37 Å². The van der Waals surface area contributed by atoms with Crippen LogP contribution in [0.5, 0.6) is 0 Å². The third-order valence-electron chi connectivity index (χ3n) is 2.81. The van der Waals surface area contributed by atoms with E-state index < -0.39 is 5.82 Å². The molecule has 1 aromatic carbocycles. The van der Waals surface area contributed by atoms with Gasteiger partial charge >= 0.3 is 0 Å². The molecule has 0 atom stereocenters. The summed E-state index contributed by atoms with van der Waals surface area (Å²) >= 11 is 1.16. The molecule has 22 heavy (non-hydrogen) atoms. The van der Waals surface area contributed by atoms with Gasteiger partial charge in [-0.05, 0) is 37.3 Å². The molecule has 0 radical (unpaired) electrons. The molecule has 1 amide bonds. The number of benzene rings is 1. The third kappa shape index (κ3) is 3.43. The predicted octanol–water partition coefficient (Wildman–Crippen LogP) is 3.40. The highest BCUT2D eigenvalue weighted by molar-refractivity contribution is 7.99. The van der Waals surface area contributed by atoms with Gasteiger partial charge in [-0.1, -0.05) is 17.8 Å². The molecular formula is C15H12FN3O2S. The van der Waals surface area contributed by atoms with Gasteiger partial charge in [0, 0.05) is 11.4 Å². The second kappa shape index (κ2) is 6.15. The number of aromatic nitrogens is 2. The third-order valence-corrected chi connectivity index (χ3v) is 3.64. The van der Waals surface area contributed by atoms with Crippen LogP contribution in [-0.4, -0.2) is 21.6 Å². The molecule has 3 rings (SSSR count). The highest BCUT2D eigenvalue weighted by Crippen LogP contribution is 2.22. The lowest BCUT2D eigenvalue weighted by Gasteiger charge is -2.03. The lowest BCUT2D eigenvalue weighted by Crippen LogP contribution is -2.14. The first-order valence-corrected chi connectivity index (χ1v) is 7.51. The number of nitrogens with one attached hydrogen (secondary N) is 1. The van der Waals surface area contributed by atoms with Crippen molar-refractivity contribution in [2.24, 2.45) is 0 Å². The standard InChI is InChI=1S/C15H12FN3O2S/c1-9-5-6-12-14(17-9)19-15(21-12)22-8-13(20)18-11-4-2-3-10(16)7-11/h2-7H,8H2,1H3,(H,18,20). The number of carbonyl (C=O) groups excluding carboxylic acids is 1. The van der Waals surface area contributed by atoms with E-state index in [1.54, 1.807) is 12.1 Å². The smallest absolute Gasteiger partial charge is 0.258 e. The molecular weight excluding hydrogens is 305 g/mol. The molecule has 0 unspecified atom stereocenters. The fourth-order valence-corrected chi connectivity index (χ4v) is 2.47. The van der Waals surface area contributed by atoms with Gasteiger partial charge in [0.2, 0.25) is 5.91 Å². The van der Waals surface area contributed by atoms with Crippen LogP contribution in [0.1, 0.15) is 5.69 Å². The van der Waals surface area contributed by atoms with Crippen LogP contribution in [-0.2, 0) is 4.79 Å². The second-order valence-corrected chi connectivity index (χ2v) is 5.53. The maximum atomic E-state index is 13.0. The highest BCUT2D eigenvalue weighted by atomic mass is 32.2. The summed E-state index contributed by atoms with van der Waals surface area (Å²) in [6.45, 7) is 1.87. The number of anilines is 1. The Kier molecular flexibility index (Phi) is 4.06. The molecule has 0 aliphatic rings. The molecule has 0 bridgehead atoms. The number of oxazole rings is 1. The molecule has 5 nitrogen and oxygen atoms in total. The SMILES string of the molecule is Cc1ccc2oc(SCC(=O)Nc3cccc(F)c3)nc2n1. The summed E-state index contributed by atoms with van der Waals surface area (Å²) < 4.78 is 18.5. The number of thioether (sulfide) groups is 1. The number of carbonyl (C=O) groups is 1. The molecule has 0 aliphatic carbocycles. The van der Waals surface area contributed by atoms with E-state index in [4.69, 9.17) is 4.42 Å². The predicted molar refractivity (Wildman–Crippen MR) is 82.3 cm³/mol. The number of halogens is 1. The fourth-order valence-electron chi connectivity index (χ4n) is 1.85. The number of rotatable bonds is 4. The average Bonchev–Trinajstić information content (AvgIpc) is 2.87. The maximum absolute atomic E-state index is 13.0. The van der Waals surface area contributed by atoms with Crippen molar-refractivity contribution in [2.45, 2.75) is 12.1 Å². The summed E-state index contributed by atoms with van der Waals surface area (Å²) in [6, 6.07) is 9.36. The Bertz CT molecular complexity index is 835. The van der Waals surface area contributed by atoms with E-state index in [-0.39, 0.29) is 11.7 Å². The number of fused-ring (bicyclic) bond motifs is 1. The molecule has 0 saturated carbocycles.